The van der Waals surface area contributed by atoms with Gasteiger partial charge in [-0.2, -0.15) is 0 Å². The van der Waals surface area contributed by atoms with Crippen molar-refractivity contribution in [3.63, 3.8) is 0 Å². The second-order valence-corrected chi connectivity index (χ2v) is 3.77. The normalized spacial score (nSPS) is 15.7. The molecule has 13 heavy (non-hydrogen) atoms. The van der Waals surface area contributed by atoms with E-state index < -0.39 is 0 Å². The average molecular weight is 188 g/mol. The zero-order chi connectivity index (χ0) is 10.1. The SMILES string of the molecule is CCCCCCC(O)C(CC)CO. The maximum atomic E-state index is 9.65. The van der Waals surface area contributed by atoms with Gasteiger partial charge in [-0.05, 0) is 12.8 Å². The number of hydrogen-bond acceptors (Lipinski definition) is 2. The van der Waals surface area contributed by atoms with Crippen molar-refractivity contribution in [2.75, 3.05) is 6.61 Å². The summed E-state index contributed by atoms with van der Waals surface area (Å²) in [5.41, 5.74) is 0. The highest BCUT2D eigenvalue weighted by Gasteiger charge is 2.15. The molecule has 0 bridgehead atoms. The van der Waals surface area contributed by atoms with Gasteiger partial charge < -0.3 is 10.2 Å². The summed E-state index contributed by atoms with van der Waals surface area (Å²) in [6.45, 7) is 4.31. The predicted octanol–water partition coefficient (Wildman–Crippen LogP) is 2.34. The van der Waals surface area contributed by atoms with Crippen LogP contribution in [0.25, 0.3) is 0 Å². The molecule has 80 valence electrons. The maximum Gasteiger partial charge on any atom is 0.0590 e. The molecule has 2 unspecified atom stereocenters. The zero-order valence-corrected chi connectivity index (χ0v) is 9.00. The second kappa shape index (κ2) is 8.52. The van der Waals surface area contributed by atoms with Crippen molar-refractivity contribution in [2.24, 2.45) is 5.92 Å². The molecule has 0 rings (SSSR count). The fourth-order valence-electron chi connectivity index (χ4n) is 1.54. The van der Waals surface area contributed by atoms with Crippen LogP contribution in [-0.2, 0) is 0 Å². The summed E-state index contributed by atoms with van der Waals surface area (Å²) < 4.78 is 0. The minimum Gasteiger partial charge on any atom is -0.396 e. The fourth-order valence-corrected chi connectivity index (χ4v) is 1.54. The molecule has 0 aliphatic carbocycles. The zero-order valence-electron chi connectivity index (χ0n) is 9.00. The molecule has 0 aromatic carbocycles. The van der Waals surface area contributed by atoms with Crippen molar-refractivity contribution in [3.05, 3.63) is 0 Å². The highest BCUT2D eigenvalue weighted by Crippen LogP contribution is 2.14. The molecule has 0 aliphatic heterocycles. The topological polar surface area (TPSA) is 40.5 Å². The van der Waals surface area contributed by atoms with Crippen molar-refractivity contribution in [2.45, 2.75) is 58.5 Å². The van der Waals surface area contributed by atoms with Crippen molar-refractivity contribution in [3.8, 4) is 0 Å². The van der Waals surface area contributed by atoms with Crippen LogP contribution >= 0.6 is 0 Å². The first kappa shape index (κ1) is 12.9. The summed E-state index contributed by atoms with van der Waals surface area (Å²) in [5.74, 6) is 0.0848. The number of aliphatic hydroxyl groups is 2. The van der Waals surface area contributed by atoms with Gasteiger partial charge >= 0.3 is 0 Å². The smallest absolute Gasteiger partial charge is 0.0590 e. The van der Waals surface area contributed by atoms with Crippen molar-refractivity contribution in [1.29, 1.82) is 0 Å². The summed E-state index contributed by atoms with van der Waals surface area (Å²) in [6, 6.07) is 0. The molecule has 0 saturated carbocycles. The minimum absolute atomic E-state index is 0.0848. The summed E-state index contributed by atoms with van der Waals surface area (Å²) in [5, 5.41) is 18.6. The molecule has 0 amide bonds. The third-order valence-corrected chi connectivity index (χ3v) is 2.66. The largest absolute Gasteiger partial charge is 0.396 e. The van der Waals surface area contributed by atoms with Gasteiger partial charge in [-0.25, -0.2) is 0 Å². The lowest BCUT2D eigenvalue weighted by molar-refractivity contribution is 0.0569. The molecule has 0 aliphatic rings. The van der Waals surface area contributed by atoms with Crippen LogP contribution in [0, 0.1) is 5.92 Å². The van der Waals surface area contributed by atoms with Gasteiger partial charge in [-0.1, -0.05) is 39.5 Å². The number of unbranched alkanes of at least 4 members (excludes halogenated alkanes) is 3. The first-order valence-corrected chi connectivity index (χ1v) is 5.55. The van der Waals surface area contributed by atoms with Crippen LogP contribution < -0.4 is 0 Å². The molecule has 0 aromatic heterocycles. The van der Waals surface area contributed by atoms with E-state index in [1.165, 1.54) is 19.3 Å². The summed E-state index contributed by atoms with van der Waals surface area (Å²) >= 11 is 0. The first-order chi connectivity index (χ1) is 6.26. The highest BCUT2D eigenvalue weighted by atomic mass is 16.3. The Bertz CT molecular complexity index is 100. The Morgan fingerprint density at radius 2 is 1.77 bits per heavy atom. The van der Waals surface area contributed by atoms with Crippen molar-refractivity contribution in [1.82, 2.24) is 0 Å². The van der Waals surface area contributed by atoms with E-state index in [1.54, 1.807) is 0 Å². The number of rotatable bonds is 8. The quantitative estimate of drug-likeness (QED) is 0.574. The predicted molar refractivity (Wildman–Crippen MR) is 55.6 cm³/mol. The van der Waals surface area contributed by atoms with Gasteiger partial charge in [0.1, 0.15) is 0 Å². The average Bonchev–Trinajstić information content (AvgIpc) is 2.14. The van der Waals surface area contributed by atoms with Crippen molar-refractivity contribution >= 4 is 0 Å². The van der Waals surface area contributed by atoms with Gasteiger partial charge in [0.25, 0.3) is 0 Å². The Morgan fingerprint density at radius 3 is 2.23 bits per heavy atom. The second-order valence-electron chi connectivity index (χ2n) is 3.77. The molecule has 2 heteroatoms. The molecule has 0 aromatic rings. The molecule has 2 nitrogen and oxygen atoms in total. The molecule has 2 atom stereocenters. The van der Waals surface area contributed by atoms with Crippen LogP contribution in [0.3, 0.4) is 0 Å². The van der Waals surface area contributed by atoms with Crippen LogP contribution in [0.1, 0.15) is 52.4 Å². The van der Waals surface area contributed by atoms with E-state index in [0.717, 1.165) is 19.3 Å². The maximum absolute atomic E-state index is 9.65. The van der Waals surface area contributed by atoms with Gasteiger partial charge in [-0.3, -0.25) is 0 Å². The summed E-state index contributed by atoms with van der Waals surface area (Å²) in [4.78, 5) is 0. The van der Waals surface area contributed by atoms with E-state index in [1.807, 2.05) is 6.92 Å². The molecular formula is C11H24O2. The Hall–Kier alpha value is -0.0800. The summed E-state index contributed by atoms with van der Waals surface area (Å²) in [6.07, 6.45) is 6.19. The molecule has 0 spiro atoms. The standard InChI is InChI=1S/C11H24O2/c1-3-5-6-7-8-11(13)10(4-2)9-12/h10-13H,3-9H2,1-2H3. The van der Waals surface area contributed by atoms with E-state index >= 15 is 0 Å². The molecule has 0 saturated heterocycles. The van der Waals surface area contributed by atoms with E-state index in [-0.39, 0.29) is 18.6 Å². The van der Waals surface area contributed by atoms with Crippen LogP contribution in [0.2, 0.25) is 0 Å². The minimum atomic E-state index is -0.299. The van der Waals surface area contributed by atoms with E-state index in [4.69, 9.17) is 5.11 Å². The van der Waals surface area contributed by atoms with Gasteiger partial charge in [0.15, 0.2) is 0 Å². The lowest BCUT2D eigenvalue weighted by Crippen LogP contribution is -2.22. The fraction of sp³-hybridized carbons (Fsp3) is 1.00. The van der Waals surface area contributed by atoms with Gasteiger partial charge in [0, 0.05) is 12.5 Å². The number of hydrogen-bond donors (Lipinski definition) is 2. The molecule has 0 heterocycles. The first-order valence-electron chi connectivity index (χ1n) is 5.55. The van der Waals surface area contributed by atoms with Gasteiger partial charge in [0.2, 0.25) is 0 Å². The van der Waals surface area contributed by atoms with Gasteiger partial charge in [0.05, 0.1) is 6.10 Å². The lowest BCUT2D eigenvalue weighted by Gasteiger charge is -2.18. The van der Waals surface area contributed by atoms with E-state index in [2.05, 4.69) is 6.92 Å². The van der Waals surface area contributed by atoms with E-state index in [9.17, 15) is 5.11 Å². The Balaban J connectivity index is 3.42. The lowest BCUT2D eigenvalue weighted by atomic mass is 9.96. The molecule has 0 fully saturated rings. The molecular weight excluding hydrogens is 164 g/mol. The van der Waals surface area contributed by atoms with Crippen LogP contribution in [0.4, 0.5) is 0 Å². The van der Waals surface area contributed by atoms with Gasteiger partial charge in [-0.15, -0.1) is 0 Å². The van der Waals surface area contributed by atoms with Crippen LogP contribution in [0.5, 0.6) is 0 Å². The van der Waals surface area contributed by atoms with E-state index in [0.29, 0.717) is 0 Å². The molecule has 0 radical (unpaired) electrons. The number of aliphatic hydroxyl groups excluding tert-OH is 2. The van der Waals surface area contributed by atoms with Crippen LogP contribution in [0.15, 0.2) is 0 Å². The van der Waals surface area contributed by atoms with Crippen LogP contribution in [-0.4, -0.2) is 22.9 Å². The third kappa shape index (κ3) is 6.05. The Kier molecular flexibility index (Phi) is 8.46. The Morgan fingerprint density at radius 1 is 1.08 bits per heavy atom. The van der Waals surface area contributed by atoms with Crippen molar-refractivity contribution < 1.29 is 10.2 Å². The third-order valence-electron chi connectivity index (χ3n) is 2.66. The monoisotopic (exact) mass is 188 g/mol. The highest BCUT2D eigenvalue weighted by molar-refractivity contribution is 4.66. The summed E-state index contributed by atoms with van der Waals surface area (Å²) in [7, 11) is 0. The Labute approximate surface area is 82.0 Å². The molecule has 2 N–H and O–H groups in total.